The van der Waals surface area contributed by atoms with Gasteiger partial charge in [-0.3, -0.25) is 0 Å². The third-order valence-corrected chi connectivity index (χ3v) is 2.32. The lowest BCUT2D eigenvalue weighted by Crippen LogP contribution is -2.16. The number of hydrogen-bond acceptors (Lipinski definition) is 2. The van der Waals surface area contributed by atoms with Gasteiger partial charge in [-0.1, -0.05) is 44.2 Å². The maximum absolute atomic E-state index is 11.9. The molecule has 1 aromatic rings. The molecule has 92 valence electrons. The van der Waals surface area contributed by atoms with Crippen LogP contribution in [0, 0.1) is 5.92 Å². The van der Waals surface area contributed by atoms with E-state index in [2.05, 4.69) is 0 Å². The molecule has 0 atom stereocenters. The standard InChI is InChI=1S/C15H20O2/c1-11(2)14(15(16)17-12(3)4)10-13-8-6-5-7-9-13/h5-12H,1-4H3/b14-10+. The van der Waals surface area contributed by atoms with E-state index in [0.29, 0.717) is 5.57 Å². The van der Waals surface area contributed by atoms with Crippen molar-refractivity contribution < 1.29 is 9.53 Å². The number of hydrogen-bond donors (Lipinski definition) is 0. The highest BCUT2D eigenvalue weighted by Gasteiger charge is 2.16. The molecule has 0 spiro atoms. The molecule has 0 aliphatic heterocycles. The first-order valence-corrected chi connectivity index (χ1v) is 5.98. The van der Waals surface area contributed by atoms with Crippen LogP contribution in [0.4, 0.5) is 0 Å². The van der Waals surface area contributed by atoms with Crippen LogP contribution in [0.15, 0.2) is 35.9 Å². The van der Waals surface area contributed by atoms with Gasteiger partial charge in [0.05, 0.1) is 6.10 Å². The Bertz CT molecular complexity index is 389. The van der Waals surface area contributed by atoms with Gasteiger partial charge >= 0.3 is 5.97 Å². The first kappa shape index (κ1) is 13.5. The second-order valence-corrected chi connectivity index (χ2v) is 4.62. The number of rotatable bonds is 4. The van der Waals surface area contributed by atoms with Crippen molar-refractivity contribution in [2.24, 2.45) is 5.92 Å². The molecule has 17 heavy (non-hydrogen) atoms. The van der Waals surface area contributed by atoms with E-state index in [1.165, 1.54) is 0 Å². The molecule has 0 fully saturated rings. The quantitative estimate of drug-likeness (QED) is 0.584. The van der Waals surface area contributed by atoms with Crippen LogP contribution in [-0.4, -0.2) is 12.1 Å². The van der Waals surface area contributed by atoms with E-state index in [9.17, 15) is 4.79 Å². The van der Waals surface area contributed by atoms with Crippen molar-refractivity contribution >= 4 is 12.0 Å². The van der Waals surface area contributed by atoms with Crippen LogP contribution in [-0.2, 0) is 9.53 Å². The molecule has 0 N–H and O–H groups in total. The van der Waals surface area contributed by atoms with Crippen LogP contribution in [0.2, 0.25) is 0 Å². The highest BCUT2D eigenvalue weighted by molar-refractivity contribution is 5.94. The molecule has 2 nitrogen and oxygen atoms in total. The Morgan fingerprint density at radius 2 is 1.71 bits per heavy atom. The van der Waals surface area contributed by atoms with Crippen molar-refractivity contribution in [3.8, 4) is 0 Å². The molecule has 1 rings (SSSR count). The second kappa shape index (κ2) is 6.24. The van der Waals surface area contributed by atoms with Crippen molar-refractivity contribution in [1.82, 2.24) is 0 Å². The Labute approximate surface area is 103 Å². The van der Waals surface area contributed by atoms with Crippen molar-refractivity contribution in [2.45, 2.75) is 33.8 Å². The molecule has 1 aromatic carbocycles. The fourth-order valence-electron chi connectivity index (χ4n) is 1.47. The number of ether oxygens (including phenoxy) is 1. The molecular weight excluding hydrogens is 212 g/mol. The SMILES string of the molecule is CC(C)OC(=O)/C(=C/c1ccccc1)C(C)C. The molecule has 0 bridgehead atoms. The number of carbonyl (C=O) groups is 1. The van der Waals surface area contributed by atoms with Crippen LogP contribution in [0.3, 0.4) is 0 Å². The minimum atomic E-state index is -0.223. The van der Waals surface area contributed by atoms with Gasteiger partial charge in [-0.2, -0.15) is 0 Å². The average Bonchev–Trinajstić information content (AvgIpc) is 2.25. The molecular formula is C15H20O2. The maximum atomic E-state index is 11.9. The lowest BCUT2D eigenvalue weighted by atomic mass is 10.0. The van der Waals surface area contributed by atoms with E-state index in [4.69, 9.17) is 4.74 Å². The van der Waals surface area contributed by atoms with E-state index in [-0.39, 0.29) is 18.0 Å². The second-order valence-electron chi connectivity index (χ2n) is 4.62. The lowest BCUT2D eigenvalue weighted by molar-refractivity contribution is -0.143. The minimum absolute atomic E-state index is 0.0829. The van der Waals surface area contributed by atoms with Gasteiger partial charge in [-0.05, 0) is 31.4 Å². The summed E-state index contributed by atoms with van der Waals surface area (Å²) in [4.78, 5) is 11.9. The van der Waals surface area contributed by atoms with E-state index < -0.39 is 0 Å². The minimum Gasteiger partial charge on any atom is -0.460 e. The fraction of sp³-hybridized carbons (Fsp3) is 0.400. The topological polar surface area (TPSA) is 26.3 Å². The number of esters is 1. The maximum Gasteiger partial charge on any atom is 0.334 e. The molecule has 0 saturated heterocycles. The van der Waals surface area contributed by atoms with Gasteiger partial charge in [0, 0.05) is 5.57 Å². The Hall–Kier alpha value is -1.57. The van der Waals surface area contributed by atoms with Gasteiger partial charge in [0.2, 0.25) is 0 Å². The van der Waals surface area contributed by atoms with Gasteiger partial charge in [0.25, 0.3) is 0 Å². The molecule has 0 aliphatic carbocycles. The summed E-state index contributed by atoms with van der Waals surface area (Å²) in [6, 6.07) is 9.82. The first-order chi connectivity index (χ1) is 8.00. The van der Waals surface area contributed by atoms with Crippen LogP contribution in [0.25, 0.3) is 6.08 Å². The molecule has 0 heterocycles. The lowest BCUT2D eigenvalue weighted by Gasteiger charge is -2.13. The summed E-state index contributed by atoms with van der Waals surface area (Å²) >= 11 is 0. The zero-order chi connectivity index (χ0) is 12.8. The summed E-state index contributed by atoms with van der Waals surface area (Å²) in [6.45, 7) is 7.71. The Kier molecular flexibility index (Phi) is 4.95. The van der Waals surface area contributed by atoms with E-state index >= 15 is 0 Å². The van der Waals surface area contributed by atoms with Gasteiger partial charge in [-0.25, -0.2) is 4.79 Å². The van der Waals surface area contributed by atoms with Crippen molar-refractivity contribution in [3.05, 3.63) is 41.5 Å². The summed E-state index contributed by atoms with van der Waals surface area (Å²) < 4.78 is 5.24. The molecule has 0 saturated carbocycles. The fourth-order valence-corrected chi connectivity index (χ4v) is 1.47. The molecule has 0 amide bonds. The number of carbonyl (C=O) groups excluding carboxylic acids is 1. The Morgan fingerprint density at radius 1 is 1.12 bits per heavy atom. The highest BCUT2D eigenvalue weighted by Crippen LogP contribution is 2.17. The summed E-state index contributed by atoms with van der Waals surface area (Å²) in [7, 11) is 0. The van der Waals surface area contributed by atoms with Gasteiger partial charge in [0.1, 0.15) is 0 Å². The average molecular weight is 232 g/mol. The van der Waals surface area contributed by atoms with Gasteiger partial charge in [0.15, 0.2) is 0 Å². The Morgan fingerprint density at radius 3 is 2.18 bits per heavy atom. The predicted molar refractivity (Wildman–Crippen MR) is 70.5 cm³/mol. The van der Waals surface area contributed by atoms with E-state index in [1.54, 1.807) is 0 Å². The molecule has 0 aliphatic rings. The largest absolute Gasteiger partial charge is 0.460 e. The first-order valence-electron chi connectivity index (χ1n) is 5.98. The third kappa shape index (κ3) is 4.43. The Balaban J connectivity index is 2.94. The van der Waals surface area contributed by atoms with Crippen LogP contribution in [0.5, 0.6) is 0 Å². The smallest absolute Gasteiger partial charge is 0.334 e. The van der Waals surface area contributed by atoms with Crippen molar-refractivity contribution in [1.29, 1.82) is 0 Å². The predicted octanol–water partition coefficient (Wildman–Crippen LogP) is 3.68. The number of benzene rings is 1. The zero-order valence-corrected chi connectivity index (χ0v) is 10.9. The normalized spacial score (nSPS) is 12.0. The van der Waals surface area contributed by atoms with E-state index in [0.717, 1.165) is 5.56 Å². The van der Waals surface area contributed by atoms with Crippen molar-refractivity contribution in [2.75, 3.05) is 0 Å². The van der Waals surface area contributed by atoms with E-state index in [1.807, 2.05) is 64.1 Å². The summed E-state index contributed by atoms with van der Waals surface area (Å²) in [5.74, 6) is -0.0692. The summed E-state index contributed by atoms with van der Waals surface area (Å²) in [6.07, 6.45) is 1.82. The molecule has 2 heteroatoms. The van der Waals surface area contributed by atoms with Crippen LogP contribution >= 0.6 is 0 Å². The van der Waals surface area contributed by atoms with Crippen LogP contribution < -0.4 is 0 Å². The molecule has 0 radical (unpaired) electrons. The van der Waals surface area contributed by atoms with Gasteiger partial charge in [-0.15, -0.1) is 0 Å². The third-order valence-electron chi connectivity index (χ3n) is 2.32. The van der Waals surface area contributed by atoms with Crippen molar-refractivity contribution in [3.63, 3.8) is 0 Å². The van der Waals surface area contributed by atoms with Gasteiger partial charge < -0.3 is 4.74 Å². The monoisotopic (exact) mass is 232 g/mol. The summed E-state index contributed by atoms with van der Waals surface area (Å²) in [5, 5.41) is 0. The zero-order valence-electron chi connectivity index (χ0n) is 10.9. The highest BCUT2D eigenvalue weighted by atomic mass is 16.5. The molecule has 0 unspecified atom stereocenters. The molecule has 0 aromatic heterocycles. The summed E-state index contributed by atoms with van der Waals surface area (Å²) in [5.41, 5.74) is 1.74. The van der Waals surface area contributed by atoms with Crippen LogP contribution in [0.1, 0.15) is 33.3 Å².